The van der Waals surface area contributed by atoms with Crippen LogP contribution in [0.4, 0.5) is 0 Å². The van der Waals surface area contributed by atoms with Crippen LogP contribution in [-0.2, 0) is 14.3 Å². The lowest BCUT2D eigenvalue weighted by atomic mass is 10.1. The van der Waals surface area contributed by atoms with Crippen molar-refractivity contribution < 1.29 is 14.3 Å². The maximum atomic E-state index is 11.3. The molecule has 17 heavy (non-hydrogen) atoms. The van der Waals surface area contributed by atoms with E-state index in [4.69, 9.17) is 4.74 Å². The van der Waals surface area contributed by atoms with Crippen LogP contribution in [0.3, 0.4) is 0 Å². The Kier molecular flexibility index (Phi) is 9.72. The highest BCUT2D eigenvalue weighted by Gasteiger charge is 2.02. The molecular weight excluding hydrogens is 218 g/mol. The fourth-order valence-corrected chi connectivity index (χ4v) is 1.24. The predicted molar refractivity (Wildman–Crippen MR) is 67.8 cm³/mol. The molecule has 1 N–H and O–H groups in total. The van der Waals surface area contributed by atoms with Gasteiger partial charge in [-0.3, -0.25) is 9.59 Å². The molecule has 0 unspecified atom stereocenters. The molecular formula is C13H25NO3. The van der Waals surface area contributed by atoms with Crippen LogP contribution in [-0.4, -0.2) is 31.4 Å². The monoisotopic (exact) mass is 243 g/mol. The topological polar surface area (TPSA) is 55.4 Å². The third kappa shape index (κ3) is 11.4. The molecule has 0 saturated heterocycles. The summed E-state index contributed by atoms with van der Waals surface area (Å²) in [5.74, 6) is 0.843. The van der Waals surface area contributed by atoms with Gasteiger partial charge in [-0.15, -0.1) is 0 Å². The van der Waals surface area contributed by atoms with Gasteiger partial charge in [0.25, 0.3) is 0 Å². The normalized spacial score (nSPS) is 10.6. The summed E-state index contributed by atoms with van der Waals surface area (Å²) in [6, 6.07) is 0. The van der Waals surface area contributed by atoms with E-state index in [-0.39, 0.29) is 11.7 Å². The Hall–Kier alpha value is -0.900. The maximum absolute atomic E-state index is 11.3. The number of carbonyl (C=O) groups is 2. The van der Waals surface area contributed by atoms with Gasteiger partial charge < -0.3 is 10.1 Å². The number of ketones is 1. The van der Waals surface area contributed by atoms with Crippen LogP contribution in [0, 0.1) is 5.92 Å². The third-order valence-corrected chi connectivity index (χ3v) is 2.44. The van der Waals surface area contributed by atoms with Crippen LogP contribution in [0.5, 0.6) is 0 Å². The van der Waals surface area contributed by atoms with Crippen LogP contribution in [0.1, 0.15) is 46.5 Å². The van der Waals surface area contributed by atoms with Crippen molar-refractivity contribution in [1.82, 2.24) is 5.32 Å². The Balaban J connectivity index is 3.27. The standard InChI is InChI=1S/C13H25NO3/c1-4-12(15)7-9-17-10-8-14-13(16)6-5-11(2)3/h11H,4-10H2,1-3H3,(H,14,16). The van der Waals surface area contributed by atoms with Crippen molar-refractivity contribution >= 4 is 11.7 Å². The summed E-state index contributed by atoms with van der Waals surface area (Å²) in [5, 5.41) is 2.79. The first-order valence-corrected chi connectivity index (χ1v) is 6.42. The van der Waals surface area contributed by atoms with E-state index >= 15 is 0 Å². The molecule has 0 aromatic carbocycles. The van der Waals surface area contributed by atoms with Crippen LogP contribution < -0.4 is 5.32 Å². The minimum atomic E-state index is 0.0759. The van der Waals surface area contributed by atoms with E-state index in [1.54, 1.807) is 0 Å². The lowest BCUT2D eigenvalue weighted by molar-refractivity contribution is -0.122. The van der Waals surface area contributed by atoms with Gasteiger partial charge in [-0.1, -0.05) is 20.8 Å². The average molecular weight is 243 g/mol. The number of carbonyl (C=O) groups excluding carboxylic acids is 2. The fraction of sp³-hybridized carbons (Fsp3) is 0.846. The van der Waals surface area contributed by atoms with Gasteiger partial charge in [0, 0.05) is 25.8 Å². The Morgan fingerprint density at radius 1 is 1.18 bits per heavy atom. The van der Waals surface area contributed by atoms with E-state index in [2.05, 4.69) is 19.2 Å². The first-order valence-electron chi connectivity index (χ1n) is 6.42. The van der Waals surface area contributed by atoms with Crippen LogP contribution in [0.2, 0.25) is 0 Å². The average Bonchev–Trinajstić information content (AvgIpc) is 2.30. The highest BCUT2D eigenvalue weighted by atomic mass is 16.5. The summed E-state index contributed by atoms with van der Waals surface area (Å²) >= 11 is 0. The van der Waals surface area contributed by atoms with Crippen molar-refractivity contribution in [2.24, 2.45) is 5.92 Å². The predicted octanol–water partition coefficient (Wildman–Crippen LogP) is 1.92. The molecule has 0 aliphatic heterocycles. The lowest BCUT2D eigenvalue weighted by Gasteiger charge is -2.07. The maximum Gasteiger partial charge on any atom is 0.220 e. The number of hydrogen-bond donors (Lipinski definition) is 1. The molecule has 0 aromatic rings. The second kappa shape index (κ2) is 10.3. The van der Waals surface area contributed by atoms with E-state index in [1.807, 2.05) is 6.92 Å². The summed E-state index contributed by atoms with van der Waals surface area (Å²) in [5.41, 5.74) is 0. The number of rotatable bonds is 10. The Labute approximate surface area is 104 Å². The summed E-state index contributed by atoms with van der Waals surface area (Å²) in [4.78, 5) is 22.3. The van der Waals surface area contributed by atoms with Crippen LogP contribution in [0.25, 0.3) is 0 Å². The molecule has 0 atom stereocenters. The Bertz CT molecular complexity index is 227. The van der Waals surface area contributed by atoms with Gasteiger partial charge in [-0.2, -0.15) is 0 Å². The smallest absolute Gasteiger partial charge is 0.220 e. The summed E-state index contributed by atoms with van der Waals surface area (Å²) < 4.78 is 5.25. The molecule has 4 heteroatoms. The van der Waals surface area contributed by atoms with Crippen LogP contribution >= 0.6 is 0 Å². The van der Waals surface area contributed by atoms with Crippen molar-refractivity contribution in [2.75, 3.05) is 19.8 Å². The summed E-state index contributed by atoms with van der Waals surface area (Å²) in [7, 11) is 0. The summed E-state index contributed by atoms with van der Waals surface area (Å²) in [6.45, 7) is 7.50. The molecule has 0 aliphatic carbocycles. The first kappa shape index (κ1) is 16.1. The molecule has 1 amide bonds. The molecule has 0 aromatic heterocycles. The lowest BCUT2D eigenvalue weighted by Crippen LogP contribution is -2.27. The molecule has 0 saturated carbocycles. The molecule has 0 fully saturated rings. The first-order chi connectivity index (χ1) is 8.06. The molecule has 100 valence electrons. The van der Waals surface area contributed by atoms with E-state index in [0.717, 1.165) is 6.42 Å². The quantitative estimate of drug-likeness (QED) is 0.596. The molecule has 0 heterocycles. The number of hydrogen-bond acceptors (Lipinski definition) is 3. The van der Waals surface area contributed by atoms with Gasteiger partial charge >= 0.3 is 0 Å². The SMILES string of the molecule is CCC(=O)CCOCCNC(=O)CCC(C)C. The van der Waals surface area contributed by atoms with Gasteiger partial charge in [0.1, 0.15) is 5.78 Å². The van der Waals surface area contributed by atoms with Gasteiger partial charge in [0.15, 0.2) is 0 Å². The Morgan fingerprint density at radius 3 is 2.47 bits per heavy atom. The number of nitrogens with one attached hydrogen (secondary N) is 1. The Morgan fingerprint density at radius 2 is 1.88 bits per heavy atom. The van der Waals surface area contributed by atoms with Crippen molar-refractivity contribution in [2.45, 2.75) is 46.5 Å². The minimum absolute atomic E-state index is 0.0759. The van der Waals surface area contributed by atoms with Gasteiger partial charge in [0.05, 0.1) is 13.2 Å². The second-order valence-electron chi connectivity index (χ2n) is 4.54. The van der Waals surface area contributed by atoms with Crippen molar-refractivity contribution in [3.05, 3.63) is 0 Å². The third-order valence-electron chi connectivity index (χ3n) is 2.44. The highest BCUT2D eigenvalue weighted by Crippen LogP contribution is 2.02. The molecule has 4 nitrogen and oxygen atoms in total. The molecule has 0 spiro atoms. The van der Waals surface area contributed by atoms with Crippen molar-refractivity contribution in [1.29, 1.82) is 0 Å². The van der Waals surface area contributed by atoms with Gasteiger partial charge in [0.2, 0.25) is 5.91 Å². The van der Waals surface area contributed by atoms with E-state index in [0.29, 0.717) is 44.9 Å². The zero-order chi connectivity index (χ0) is 13.1. The van der Waals surface area contributed by atoms with Crippen molar-refractivity contribution in [3.8, 4) is 0 Å². The van der Waals surface area contributed by atoms with Crippen molar-refractivity contribution in [3.63, 3.8) is 0 Å². The number of Topliss-reactive ketones (excluding diaryl/α,β-unsaturated/α-hetero) is 1. The zero-order valence-corrected chi connectivity index (χ0v) is 11.3. The van der Waals surface area contributed by atoms with Gasteiger partial charge in [-0.05, 0) is 12.3 Å². The zero-order valence-electron chi connectivity index (χ0n) is 11.3. The molecule has 0 aliphatic rings. The fourth-order valence-electron chi connectivity index (χ4n) is 1.24. The number of amides is 1. The number of ether oxygens (including phenoxy) is 1. The molecule has 0 rings (SSSR count). The van der Waals surface area contributed by atoms with E-state index < -0.39 is 0 Å². The van der Waals surface area contributed by atoms with Gasteiger partial charge in [-0.25, -0.2) is 0 Å². The van der Waals surface area contributed by atoms with E-state index in [1.165, 1.54) is 0 Å². The molecule has 0 radical (unpaired) electrons. The second-order valence-corrected chi connectivity index (χ2v) is 4.54. The largest absolute Gasteiger partial charge is 0.379 e. The van der Waals surface area contributed by atoms with Crippen LogP contribution in [0.15, 0.2) is 0 Å². The van der Waals surface area contributed by atoms with E-state index in [9.17, 15) is 9.59 Å². The minimum Gasteiger partial charge on any atom is -0.379 e. The highest BCUT2D eigenvalue weighted by molar-refractivity contribution is 5.78. The molecule has 0 bridgehead atoms. The summed E-state index contributed by atoms with van der Waals surface area (Å²) in [6.07, 6.45) is 2.52.